The zero-order valence-electron chi connectivity index (χ0n) is 10.9. The lowest BCUT2D eigenvalue weighted by atomic mass is 10.2. The molecule has 19 heavy (non-hydrogen) atoms. The van der Waals surface area contributed by atoms with Crippen LogP contribution in [0.3, 0.4) is 0 Å². The van der Waals surface area contributed by atoms with Gasteiger partial charge in [-0.15, -0.1) is 0 Å². The maximum absolute atomic E-state index is 4.47. The molecule has 0 saturated carbocycles. The molecule has 0 radical (unpaired) electrons. The van der Waals surface area contributed by atoms with Crippen molar-refractivity contribution in [2.45, 2.75) is 13.1 Å². The van der Waals surface area contributed by atoms with Gasteiger partial charge in [0.15, 0.2) is 0 Å². The molecule has 3 rings (SSSR count). The highest BCUT2D eigenvalue weighted by atomic mass is 32.2. The van der Waals surface area contributed by atoms with Crippen LogP contribution in [0.2, 0.25) is 0 Å². The normalized spacial score (nSPS) is 17.3. The van der Waals surface area contributed by atoms with Gasteiger partial charge in [-0.05, 0) is 30.4 Å². The summed E-state index contributed by atoms with van der Waals surface area (Å²) in [4.78, 5) is 6.55. The average molecular weight is 274 g/mol. The Morgan fingerprint density at radius 3 is 2.84 bits per heavy atom. The van der Waals surface area contributed by atoms with E-state index in [9.17, 15) is 0 Å². The Labute approximate surface area is 117 Å². The zero-order chi connectivity index (χ0) is 12.9. The van der Waals surface area contributed by atoms with Crippen LogP contribution in [-0.2, 0) is 6.67 Å². The molecule has 1 saturated heterocycles. The molecule has 0 unspecified atom stereocenters. The van der Waals surface area contributed by atoms with E-state index in [0.717, 1.165) is 13.2 Å². The van der Waals surface area contributed by atoms with Crippen molar-refractivity contribution >= 4 is 11.8 Å². The molecule has 1 aliphatic rings. The van der Waals surface area contributed by atoms with Crippen LogP contribution < -0.4 is 0 Å². The zero-order valence-corrected chi connectivity index (χ0v) is 11.7. The van der Waals surface area contributed by atoms with Crippen LogP contribution >= 0.6 is 11.8 Å². The van der Waals surface area contributed by atoms with E-state index in [4.69, 9.17) is 0 Å². The third kappa shape index (κ3) is 3.16. The predicted octanol–water partition coefficient (Wildman–Crippen LogP) is 2.34. The molecule has 3 heterocycles. The van der Waals surface area contributed by atoms with Crippen LogP contribution in [0.15, 0.2) is 36.8 Å². The highest BCUT2D eigenvalue weighted by Gasteiger charge is 2.12. The van der Waals surface area contributed by atoms with Crippen LogP contribution in [0.5, 0.6) is 0 Å². The average Bonchev–Trinajstić information content (AvgIpc) is 2.75. The molecule has 0 bridgehead atoms. The summed E-state index contributed by atoms with van der Waals surface area (Å²) in [6.45, 7) is 3.20. The van der Waals surface area contributed by atoms with E-state index >= 15 is 0 Å². The first kappa shape index (κ1) is 12.7. The van der Waals surface area contributed by atoms with E-state index in [-0.39, 0.29) is 0 Å². The van der Waals surface area contributed by atoms with Crippen molar-refractivity contribution in [1.29, 1.82) is 0 Å². The molecule has 1 fully saturated rings. The number of thioether (sulfide) groups is 1. The van der Waals surface area contributed by atoms with E-state index in [1.807, 2.05) is 30.7 Å². The standard InChI is InChI=1S/C14H18N4S/c1-8-17(9-11-19-10-1)12-18-14(4-7-16-18)13-2-5-15-6-3-13/h2-7H,1,8-12H2. The van der Waals surface area contributed by atoms with Crippen LogP contribution in [0.1, 0.15) is 6.42 Å². The Hall–Kier alpha value is -1.33. The minimum Gasteiger partial charge on any atom is -0.284 e. The van der Waals surface area contributed by atoms with Crippen molar-refractivity contribution in [1.82, 2.24) is 19.7 Å². The highest BCUT2D eigenvalue weighted by molar-refractivity contribution is 7.99. The van der Waals surface area contributed by atoms with Gasteiger partial charge in [-0.2, -0.15) is 16.9 Å². The van der Waals surface area contributed by atoms with Gasteiger partial charge in [0.1, 0.15) is 0 Å². The van der Waals surface area contributed by atoms with Crippen LogP contribution in [0.4, 0.5) is 0 Å². The largest absolute Gasteiger partial charge is 0.284 e. The third-order valence-electron chi connectivity index (χ3n) is 3.34. The molecule has 100 valence electrons. The molecule has 4 nitrogen and oxygen atoms in total. The molecule has 1 aliphatic heterocycles. The minimum absolute atomic E-state index is 0.880. The van der Waals surface area contributed by atoms with Gasteiger partial charge >= 0.3 is 0 Å². The van der Waals surface area contributed by atoms with Crippen molar-refractivity contribution in [3.05, 3.63) is 36.8 Å². The maximum Gasteiger partial charge on any atom is 0.0936 e. The third-order valence-corrected chi connectivity index (χ3v) is 4.39. The molecule has 0 spiro atoms. The SMILES string of the molecule is c1cc(-c2ccnn2CN2CCCSCC2)ccn1. The summed E-state index contributed by atoms with van der Waals surface area (Å²) in [7, 11) is 0. The Morgan fingerprint density at radius 2 is 1.95 bits per heavy atom. The minimum atomic E-state index is 0.880. The van der Waals surface area contributed by atoms with Gasteiger partial charge in [-0.3, -0.25) is 14.6 Å². The van der Waals surface area contributed by atoms with Crippen molar-refractivity contribution in [3.8, 4) is 11.3 Å². The second-order valence-corrected chi connectivity index (χ2v) is 5.90. The monoisotopic (exact) mass is 274 g/mol. The fourth-order valence-corrected chi connectivity index (χ4v) is 3.27. The van der Waals surface area contributed by atoms with E-state index in [0.29, 0.717) is 0 Å². The summed E-state index contributed by atoms with van der Waals surface area (Å²) in [5.74, 6) is 2.51. The summed E-state index contributed by atoms with van der Waals surface area (Å²) in [6.07, 6.45) is 6.81. The first-order valence-corrected chi connectivity index (χ1v) is 7.81. The van der Waals surface area contributed by atoms with Gasteiger partial charge in [0.05, 0.1) is 12.4 Å². The Kier molecular flexibility index (Phi) is 4.15. The number of nitrogens with zero attached hydrogens (tertiary/aromatic N) is 4. The lowest BCUT2D eigenvalue weighted by Crippen LogP contribution is -2.29. The van der Waals surface area contributed by atoms with E-state index in [2.05, 4.69) is 37.5 Å². The van der Waals surface area contributed by atoms with Crippen molar-refractivity contribution in [2.24, 2.45) is 0 Å². The van der Waals surface area contributed by atoms with Crippen LogP contribution in [0, 0.1) is 0 Å². The molecule has 0 aromatic carbocycles. The predicted molar refractivity (Wildman–Crippen MR) is 79.0 cm³/mol. The fraction of sp³-hybridized carbons (Fsp3) is 0.429. The molecular weight excluding hydrogens is 256 g/mol. The van der Waals surface area contributed by atoms with Gasteiger partial charge in [-0.25, -0.2) is 0 Å². The Morgan fingerprint density at radius 1 is 1.05 bits per heavy atom. The van der Waals surface area contributed by atoms with Gasteiger partial charge in [0, 0.05) is 43.0 Å². The van der Waals surface area contributed by atoms with Gasteiger partial charge in [0.25, 0.3) is 0 Å². The number of hydrogen-bond donors (Lipinski definition) is 0. The molecule has 0 N–H and O–H groups in total. The van der Waals surface area contributed by atoms with Crippen LogP contribution in [0.25, 0.3) is 11.3 Å². The molecule has 2 aromatic heterocycles. The van der Waals surface area contributed by atoms with Crippen molar-refractivity contribution in [2.75, 3.05) is 24.6 Å². The molecule has 0 atom stereocenters. The summed E-state index contributed by atoms with van der Waals surface area (Å²) in [6, 6.07) is 6.14. The Bertz CT molecular complexity index is 503. The summed E-state index contributed by atoms with van der Waals surface area (Å²) >= 11 is 2.05. The Balaban J connectivity index is 1.76. The topological polar surface area (TPSA) is 34.0 Å². The number of pyridine rings is 1. The van der Waals surface area contributed by atoms with Gasteiger partial charge in [0.2, 0.25) is 0 Å². The maximum atomic E-state index is 4.47. The molecular formula is C14H18N4S. The van der Waals surface area contributed by atoms with E-state index in [1.54, 1.807) is 0 Å². The molecule has 5 heteroatoms. The van der Waals surface area contributed by atoms with E-state index in [1.165, 1.54) is 35.7 Å². The summed E-state index contributed by atoms with van der Waals surface area (Å²) in [5.41, 5.74) is 2.34. The van der Waals surface area contributed by atoms with Crippen molar-refractivity contribution < 1.29 is 0 Å². The van der Waals surface area contributed by atoms with Crippen molar-refractivity contribution in [3.63, 3.8) is 0 Å². The first-order chi connectivity index (χ1) is 9.43. The fourth-order valence-electron chi connectivity index (χ4n) is 2.34. The number of aromatic nitrogens is 3. The quantitative estimate of drug-likeness (QED) is 0.860. The number of hydrogen-bond acceptors (Lipinski definition) is 4. The molecule has 2 aromatic rings. The lowest BCUT2D eigenvalue weighted by Gasteiger charge is -2.20. The van der Waals surface area contributed by atoms with Gasteiger partial charge in [-0.1, -0.05) is 0 Å². The number of rotatable bonds is 3. The first-order valence-electron chi connectivity index (χ1n) is 6.66. The smallest absolute Gasteiger partial charge is 0.0936 e. The second kappa shape index (κ2) is 6.21. The van der Waals surface area contributed by atoms with Gasteiger partial charge < -0.3 is 0 Å². The summed E-state index contributed by atoms with van der Waals surface area (Å²) < 4.78 is 2.09. The van der Waals surface area contributed by atoms with Crippen LogP contribution in [-0.4, -0.2) is 44.3 Å². The lowest BCUT2D eigenvalue weighted by molar-refractivity contribution is 0.225. The second-order valence-electron chi connectivity index (χ2n) is 4.68. The molecule has 0 aliphatic carbocycles. The highest BCUT2D eigenvalue weighted by Crippen LogP contribution is 2.19. The molecule has 0 amide bonds. The van der Waals surface area contributed by atoms with E-state index < -0.39 is 0 Å². The summed E-state index contributed by atoms with van der Waals surface area (Å²) in [5, 5.41) is 4.47.